The van der Waals surface area contributed by atoms with Crippen LogP contribution >= 0.6 is 0 Å². The van der Waals surface area contributed by atoms with Crippen LogP contribution in [-0.4, -0.2) is 13.7 Å². The fraction of sp³-hybridized carbons (Fsp3) is 0.417. The van der Waals surface area contributed by atoms with Crippen molar-refractivity contribution in [2.24, 2.45) is 5.92 Å². The molecule has 0 aliphatic heterocycles. The molecule has 0 atom stereocenters. The maximum absolute atomic E-state index is 8.81. The van der Waals surface area contributed by atoms with Crippen molar-refractivity contribution in [1.29, 1.82) is 5.26 Å². The summed E-state index contributed by atoms with van der Waals surface area (Å²) in [6, 6.07) is 7.33. The molecule has 0 heterocycles. The van der Waals surface area contributed by atoms with E-state index in [0.29, 0.717) is 17.2 Å². The molecule has 0 bridgehead atoms. The van der Waals surface area contributed by atoms with Crippen LogP contribution in [0.2, 0.25) is 0 Å². The molecule has 1 aliphatic rings. The summed E-state index contributed by atoms with van der Waals surface area (Å²) in [6.45, 7) is 0.748. The molecule has 78 valence electrons. The first-order valence-electron chi connectivity index (χ1n) is 5.04. The Kier molecular flexibility index (Phi) is 2.77. The highest BCUT2D eigenvalue weighted by Crippen LogP contribution is 2.30. The van der Waals surface area contributed by atoms with Crippen molar-refractivity contribution in [3.8, 4) is 17.6 Å². The molecule has 0 amide bonds. The average molecular weight is 203 g/mol. The van der Waals surface area contributed by atoms with E-state index in [4.69, 9.17) is 14.7 Å². The van der Waals surface area contributed by atoms with Crippen molar-refractivity contribution >= 4 is 0 Å². The van der Waals surface area contributed by atoms with Gasteiger partial charge in [0.05, 0.1) is 25.3 Å². The number of rotatable bonds is 4. The van der Waals surface area contributed by atoms with Gasteiger partial charge in [0.15, 0.2) is 0 Å². The average Bonchev–Trinajstić information content (AvgIpc) is 3.09. The van der Waals surface area contributed by atoms with Crippen LogP contribution in [0.1, 0.15) is 18.4 Å². The van der Waals surface area contributed by atoms with Crippen molar-refractivity contribution in [2.45, 2.75) is 12.8 Å². The topological polar surface area (TPSA) is 42.2 Å². The van der Waals surface area contributed by atoms with Gasteiger partial charge in [0.2, 0.25) is 0 Å². The smallest absolute Gasteiger partial charge is 0.124 e. The molecule has 1 fully saturated rings. The van der Waals surface area contributed by atoms with E-state index in [-0.39, 0.29) is 0 Å². The first kappa shape index (κ1) is 9.85. The van der Waals surface area contributed by atoms with Crippen LogP contribution in [0.5, 0.6) is 11.5 Å². The Morgan fingerprint density at radius 2 is 2.07 bits per heavy atom. The van der Waals surface area contributed by atoms with E-state index < -0.39 is 0 Å². The summed E-state index contributed by atoms with van der Waals surface area (Å²) >= 11 is 0. The SMILES string of the molecule is COc1cc(C#N)cc(OCC2CC2)c1. The number of methoxy groups -OCH3 is 1. The van der Waals surface area contributed by atoms with E-state index in [1.165, 1.54) is 12.8 Å². The van der Waals surface area contributed by atoms with Gasteiger partial charge in [-0.3, -0.25) is 0 Å². The zero-order chi connectivity index (χ0) is 10.7. The number of benzene rings is 1. The van der Waals surface area contributed by atoms with E-state index in [9.17, 15) is 0 Å². The van der Waals surface area contributed by atoms with E-state index in [1.54, 1.807) is 19.2 Å². The Morgan fingerprint density at radius 3 is 2.67 bits per heavy atom. The van der Waals surface area contributed by atoms with Gasteiger partial charge in [0.25, 0.3) is 0 Å². The summed E-state index contributed by atoms with van der Waals surface area (Å²) in [7, 11) is 1.58. The van der Waals surface area contributed by atoms with Gasteiger partial charge in [-0.1, -0.05) is 0 Å². The van der Waals surface area contributed by atoms with Gasteiger partial charge in [-0.2, -0.15) is 5.26 Å². The highest BCUT2D eigenvalue weighted by atomic mass is 16.5. The van der Waals surface area contributed by atoms with Crippen molar-refractivity contribution in [3.05, 3.63) is 23.8 Å². The van der Waals surface area contributed by atoms with E-state index in [1.807, 2.05) is 6.07 Å². The quantitative estimate of drug-likeness (QED) is 0.754. The molecule has 15 heavy (non-hydrogen) atoms. The lowest BCUT2D eigenvalue weighted by atomic mass is 10.2. The van der Waals surface area contributed by atoms with Crippen molar-refractivity contribution < 1.29 is 9.47 Å². The van der Waals surface area contributed by atoms with Gasteiger partial charge < -0.3 is 9.47 Å². The molecule has 0 unspecified atom stereocenters. The van der Waals surface area contributed by atoms with Gasteiger partial charge in [0.1, 0.15) is 11.5 Å². The molecule has 1 aliphatic carbocycles. The Hall–Kier alpha value is -1.69. The third-order valence-corrected chi connectivity index (χ3v) is 2.43. The molecule has 0 spiro atoms. The van der Waals surface area contributed by atoms with Gasteiger partial charge in [-0.25, -0.2) is 0 Å². The van der Waals surface area contributed by atoms with Crippen molar-refractivity contribution in [1.82, 2.24) is 0 Å². The lowest BCUT2D eigenvalue weighted by molar-refractivity contribution is 0.297. The van der Waals surface area contributed by atoms with Crippen LogP contribution in [0.4, 0.5) is 0 Å². The zero-order valence-electron chi connectivity index (χ0n) is 8.69. The maximum atomic E-state index is 8.81. The fourth-order valence-electron chi connectivity index (χ4n) is 1.34. The van der Waals surface area contributed by atoms with Crippen LogP contribution in [0.3, 0.4) is 0 Å². The molecular weight excluding hydrogens is 190 g/mol. The summed E-state index contributed by atoms with van der Waals surface area (Å²) < 4.78 is 10.7. The monoisotopic (exact) mass is 203 g/mol. The lowest BCUT2D eigenvalue weighted by Gasteiger charge is -2.07. The summed E-state index contributed by atoms with van der Waals surface area (Å²) in [5.41, 5.74) is 0.570. The summed E-state index contributed by atoms with van der Waals surface area (Å²) in [5.74, 6) is 2.10. The predicted octanol–water partition coefficient (Wildman–Crippen LogP) is 2.36. The minimum atomic E-state index is 0.570. The molecule has 1 aromatic carbocycles. The molecule has 1 aromatic rings. The fourth-order valence-corrected chi connectivity index (χ4v) is 1.34. The number of hydrogen-bond acceptors (Lipinski definition) is 3. The third kappa shape index (κ3) is 2.63. The molecule has 1 saturated carbocycles. The third-order valence-electron chi connectivity index (χ3n) is 2.43. The highest BCUT2D eigenvalue weighted by Gasteiger charge is 2.22. The van der Waals surface area contributed by atoms with Gasteiger partial charge in [-0.05, 0) is 30.9 Å². The van der Waals surface area contributed by atoms with Gasteiger partial charge in [0, 0.05) is 6.07 Å². The summed E-state index contributed by atoms with van der Waals surface area (Å²) in [4.78, 5) is 0. The van der Waals surface area contributed by atoms with Crippen LogP contribution in [0.15, 0.2) is 18.2 Å². The molecule has 0 saturated heterocycles. The Balaban J connectivity index is 2.10. The van der Waals surface area contributed by atoms with Crippen LogP contribution < -0.4 is 9.47 Å². The summed E-state index contributed by atoms with van der Waals surface area (Å²) in [6.07, 6.45) is 2.52. The zero-order valence-corrected chi connectivity index (χ0v) is 8.69. The van der Waals surface area contributed by atoms with E-state index in [0.717, 1.165) is 12.4 Å². The van der Waals surface area contributed by atoms with E-state index in [2.05, 4.69) is 6.07 Å². The molecule has 3 nitrogen and oxygen atoms in total. The molecule has 0 aromatic heterocycles. The van der Waals surface area contributed by atoms with Gasteiger partial charge >= 0.3 is 0 Å². The molecule has 0 N–H and O–H groups in total. The Labute approximate surface area is 89.2 Å². The van der Waals surface area contributed by atoms with E-state index >= 15 is 0 Å². The van der Waals surface area contributed by atoms with Crippen LogP contribution in [-0.2, 0) is 0 Å². The Morgan fingerprint density at radius 1 is 1.33 bits per heavy atom. The molecule has 2 rings (SSSR count). The Bertz CT molecular complexity index is 391. The maximum Gasteiger partial charge on any atom is 0.124 e. The second kappa shape index (κ2) is 4.22. The minimum Gasteiger partial charge on any atom is -0.497 e. The second-order valence-electron chi connectivity index (χ2n) is 3.76. The largest absolute Gasteiger partial charge is 0.497 e. The lowest BCUT2D eigenvalue weighted by Crippen LogP contribution is -1.99. The first-order valence-corrected chi connectivity index (χ1v) is 5.04. The summed E-state index contributed by atoms with van der Waals surface area (Å²) in [5, 5.41) is 8.81. The number of hydrogen-bond donors (Lipinski definition) is 0. The standard InChI is InChI=1S/C12H13NO2/c1-14-11-4-10(7-13)5-12(6-11)15-8-9-2-3-9/h4-6,9H,2-3,8H2,1H3. The number of nitriles is 1. The van der Waals surface area contributed by atoms with Crippen LogP contribution in [0.25, 0.3) is 0 Å². The van der Waals surface area contributed by atoms with Gasteiger partial charge in [-0.15, -0.1) is 0 Å². The van der Waals surface area contributed by atoms with Crippen molar-refractivity contribution in [3.63, 3.8) is 0 Å². The molecule has 0 radical (unpaired) electrons. The second-order valence-corrected chi connectivity index (χ2v) is 3.76. The first-order chi connectivity index (χ1) is 7.31. The molecular formula is C12H13NO2. The van der Waals surface area contributed by atoms with Crippen LogP contribution in [0, 0.1) is 17.2 Å². The predicted molar refractivity (Wildman–Crippen MR) is 55.9 cm³/mol. The normalized spacial score (nSPS) is 14.4. The van der Waals surface area contributed by atoms with Crippen molar-refractivity contribution in [2.75, 3.05) is 13.7 Å². The highest BCUT2D eigenvalue weighted by molar-refractivity contribution is 5.43. The number of ether oxygens (including phenoxy) is 2. The minimum absolute atomic E-state index is 0.570. The molecule has 3 heteroatoms. The number of nitrogens with zero attached hydrogens (tertiary/aromatic N) is 1.